The van der Waals surface area contributed by atoms with Crippen molar-refractivity contribution in [2.24, 2.45) is 5.92 Å². The predicted octanol–water partition coefficient (Wildman–Crippen LogP) is 2.07. The van der Waals surface area contributed by atoms with Crippen LogP contribution in [0.3, 0.4) is 0 Å². The molecule has 0 spiro atoms. The Kier molecular flexibility index (Phi) is 6.34. The van der Waals surface area contributed by atoms with E-state index in [0.717, 1.165) is 12.8 Å². The zero-order valence-corrected chi connectivity index (χ0v) is 16.0. The first kappa shape index (κ1) is 19.6. The zero-order valence-electron chi connectivity index (χ0n) is 16.0. The topological polar surface area (TPSA) is 77.1 Å². The predicted molar refractivity (Wildman–Crippen MR) is 101 cm³/mol. The number of carbonyl (C=O) groups excluding carboxylic acids is 2. The monoisotopic (exact) mass is 376 g/mol. The van der Waals surface area contributed by atoms with Crippen LogP contribution in [0.15, 0.2) is 24.3 Å². The first-order valence-electron chi connectivity index (χ1n) is 9.56. The van der Waals surface area contributed by atoms with E-state index in [-0.39, 0.29) is 24.3 Å². The Morgan fingerprint density at radius 3 is 2.48 bits per heavy atom. The van der Waals surface area contributed by atoms with E-state index in [9.17, 15) is 9.59 Å². The van der Waals surface area contributed by atoms with Crippen molar-refractivity contribution < 1.29 is 23.8 Å². The molecule has 3 rings (SSSR count). The summed E-state index contributed by atoms with van der Waals surface area (Å²) in [6, 6.07) is 7.03. The van der Waals surface area contributed by atoms with Crippen LogP contribution in [0.1, 0.15) is 26.7 Å². The number of amides is 2. The van der Waals surface area contributed by atoms with Gasteiger partial charge in [0.05, 0.1) is 13.2 Å². The summed E-state index contributed by atoms with van der Waals surface area (Å²) in [6.07, 6.45) is 2.04. The van der Waals surface area contributed by atoms with Crippen molar-refractivity contribution in [3.05, 3.63) is 24.3 Å². The molecule has 148 valence electrons. The van der Waals surface area contributed by atoms with Gasteiger partial charge in [-0.1, -0.05) is 0 Å². The van der Waals surface area contributed by atoms with Gasteiger partial charge >= 0.3 is 0 Å². The summed E-state index contributed by atoms with van der Waals surface area (Å²) in [5, 5.41) is 2.92. The third kappa shape index (κ3) is 4.99. The fourth-order valence-electron chi connectivity index (χ4n) is 3.24. The van der Waals surface area contributed by atoms with Crippen molar-refractivity contribution in [2.45, 2.75) is 32.3 Å². The van der Waals surface area contributed by atoms with Crippen LogP contribution < -0.4 is 10.1 Å². The van der Waals surface area contributed by atoms with Crippen LogP contribution in [0.25, 0.3) is 0 Å². The lowest BCUT2D eigenvalue weighted by Gasteiger charge is -2.28. The molecule has 0 radical (unpaired) electrons. The number of carbonyl (C=O) groups is 2. The normalized spacial score (nSPS) is 19.3. The first-order chi connectivity index (χ1) is 13.0. The molecule has 1 aromatic carbocycles. The van der Waals surface area contributed by atoms with E-state index >= 15 is 0 Å². The molecule has 0 aromatic heterocycles. The lowest BCUT2D eigenvalue weighted by Crippen LogP contribution is -2.44. The molecule has 7 heteroatoms. The molecule has 2 aliphatic rings. The summed E-state index contributed by atoms with van der Waals surface area (Å²) in [7, 11) is 0. The minimum Gasteiger partial charge on any atom is -0.484 e. The molecule has 1 saturated carbocycles. The molecule has 1 atom stereocenters. The molecule has 2 fully saturated rings. The Hall–Kier alpha value is -2.12. The Bertz CT molecular complexity index is 653. The van der Waals surface area contributed by atoms with Gasteiger partial charge in [0, 0.05) is 25.4 Å². The maximum Gasteiger partial charge on any atom is 0.260 e. The number of benzene rings is 1. The van der Waals surface area contributed by atoms with Gasteiger partial charge in [0.25, 0.3) is 11.8 Å². The number of rotatable bonds is 8. The number of nitrogens with one attached hydrogen (secondary N) is 1. The molecule has 1 N–H and O–H groups in total. The maximum absolute atomic E-state index is 12.7. The van der Waals surface area contributed by atoms with Gasteiger partial charge in [0.1, 0.15) is 11.4 Å². The summed E-state index contributed by atoms with van der Waals surface area (Å²) in [5.74, 6) is 0.700. The van der Waals surface area contributed by atoms with Gasteiger partial charge in [0.15, 0.2) is 6.61 Å². The summed E-state index contributed by atoms with van der Waals surface area (Å²) >= 11 is 0. The number of nitrogens with zero attached hydrogens (tertiary/aromatic N) is 1. The Balaban J connectivity index is 1.51. The zero-order chi connectivity index (χ0) is 19.3. The van der Waals surface area contributed by atoms with Gasteiger partial charge in [0.2, 0.25) is 0 Å². The largest absolute Gasteiger partial charge is 0.484 e. The fourth-order valence-corrected chi connectivity index (χ4v) is 3.24. The lowest BCUT2D eigenvalue weighted by molar-refractivity contribution is -0.141. The second-order valence-corrected chi connectivity index (χ2v) is 7.07. The smallest absolute Gasteiger partial charge is 0.260 e. The van der Waals surface area contributed by atoms with Crippen molar-refractivity contribution in [1.82, 2.24) is 4.90 Å². The molecular formula is C20H28N2O5. The third-order valence-electron chi connectivity index (χ3n) is 5.09. The Morgan fingerprint density at radius 2 is 1.89 bits per heavy atom. The van der Waals surface area contributed by atoms with Gasteiger partial charge in [-0.2, -0.15) is 0 Å². The summed E-state index contributed by atoms with van der Waals surface area (Å²) < 4.78 is 16.5. The molecular weight excluding hydrogens is 348 g/mol. The summed E-state index contributed by atoms with van der Waals surface area (Å²) in [6.45, 7) is 6.61. The Morgan fingerprint density at radius 1 is 1.22 bits per heavy atom. The Labute approximate surface area is 160 Å². The maximum atomic E-state index is 12.7. The minimum atomic E-state index is -0.783. The van der Waals surface area contributed by atoms with Crippen molar-refractivity contribution in [3.63, 3.8) is 0 Å². The van der Waals surface area contributed by atoms with E-state index in [1.54, 1.807) is 29.2 Å². The SMILES string of the molecule is CCOC(C)(C(=O)Nc1ccc(OCC(=O)N2CCOCC2)cc1)C1CC1. The molecule has 1 aliphatic heterocycles. The highest BCUT2D eigenvalue weighted by Crippen LogP contribution is 2.42. The molecule has 0 bridgehead atoms. The molecule has 1 unspecified atom stereocenters. The summed E-state index contributed by atoms with van der Waals surface area (Å²) in [4.78, 5) is 26.5. The van der Waals surface area contributed by atoms with Crippen LogP contribution in [0.2, 0.25) is 0 Å². The molecule has 1 aromatic rings. The van der Waals surface area contributed by atoms with E-state index in [4.69, 9.17) is 14.2 Å². The van der Waals surface area contributed by atoms with E-state index in [2.05, 4.69) is 5.32 Å². The van der Waals surface area contributed by atoms with Gasteiger partial charge in [-0.3, -0.25) is 9.59 Å². The van der Waals surface area contributed by atoms with E-state index in [1.807, 2.05) is 13.8 Å². The molecule has 7 nitrogen and oxygen atoms in total. The average molecular weight is 376 g/mol. The number of hydrogen-bond donors (Lipinski definition) is 1. The van der Waals surface area contributed by atoms with Crippen LogP contribution in [0.5, 0.6) is 5.75 Å². The molecule has 1 aliphatic carbocycles. The third-order valence-corrected chi connectivity index (χ3v) is 5.09. The number of ether oxygens (including phenoxy) is 3. The minimum absolute atomic E-state index is 0.00417. The molecule has 1 heterocycles. The van der Waals surface area contributed by atoms with Gasteiger partial charge in [-0.15, -0.1) is 0 Å². The molecule has 1 saturated heterocycles. The number of hydrogen-bond acceptors (Lipinski definition) is 5. The van der Waals surface area contributed by atoms with Crippen molar-refractivity contribution >= 4 is 17.5 Å². The van der Waals surface area contributed by atoms with Crippen LogP contribution in [0, 0.1) is 5.92 Å². The van der Waals surface area contributed by atoms with Crippen LogP contribution >= 0.6 is 0 Å². The second-order valence-electron chi connectivity index (χ2n) is 7.07. The van der Waals surface area contributed by atoms with Crippen LogP contribution in [-0.4, -0.2) is 61.8 Å². The van der Waals surface area contributed by atoms with E-state index in [0.29, 0.717) is 44.3 Å². The van der Waals surface area contributed by atoms with E-state index in [1.165, 1.54) is 0 Å². The van der Waals surface area contributed by atoms with E-state index < -0.39 is 5.60 Å². The summed E-state index contributed by atoms with van der Waals surface area (Å²) in [5.41, 5.74) is -0.104. The average Bonchev–Trinajstić information content (AvgIpc) is 3.53. The van der Waals surface area contributed by atoms with Gasteiger partial charge in [-0.25, -0.2) is 0 Å². The van der Waals surface area contributed by atoms with Crippen molar-refractivity contribution in [1.29, 1.82) is 0 Å². The van der Waals surface area contributed by atoms with Crippen molar-refractivity contribution in [3.8, 4) is 5.75 Å². The quantitative estimate of drug-likeness (QED) is 0.752. The molecule has 27 heavy (non-hydrogen) atoms. The highest BCUT2D eigenvalue weighted by atomic mass is 16.5. The highest BCUT2D eigenvalue weighted by Gasteiger charge is 2.48. The molecule has 2 amide bonds. The number of anilines is 1. The first-order valence-corrected chi connectivity index (χ1v) is 9.56. The standard InChI is InChI=1S/C20H28N2O5/c1-3-27-20(2,15-4-5-15)19(24)21-16-6-8-17(9-7-16)26-14-18(23)22-10-12-25-13-11-22/h6-9,15H,3-5,10-14H2,1-2H3,(H,21,24). The lowest BCUT2D eigenvalue weighted by atomic mass is 9.99. The van der Waals surface area contributed by atoms with Gasteiger partial charge < -0.3 is 24.4 Å². The fraction of sp³-hybridized carbons (Fsp3) is 0.600. The number of morpholine rings is 1. The van der Waals surface area contributed by atoms with Crippen LogP contribution in [0.4, 0.5) is 5.69 Å². The van der Waals surface area contributed by atoms with Gasteiger partial charge in [-0.05, 0) is 56.9 Å². The van der Waals surface area contributed by atoms with Crippen molar-refractivity contribution in [2.75, 3.05) is 44.8 Å². The van der Waals surface area contributed by atoms with Crippen LogP contribution in [-0.2, 0) is 19.1 Å². The second kappa shape index (κ2) is 8.71. The highest BCUT2D eigenvalue weighted by molar-refractivity contribution is 5.97.